The number of anilines is 2. The van der Waals surface area contributed by atoms with Gasteiger partial charge in [0.05, 0.1) is 9.85 Å². The number of hydrogen-bond donors (Lipinski definition) is 0. The average molecular weight is 425 g/mol. The molecule has 0 radical (unpaired) electrons. The molecule has 2 aliphatic rings. The van der Waals surface area contributed by atoms with Gasteiger partial charge in [0.1, 0.15) is 11.4 Å². The highest BCUT2D eigenvalue weighted by Crippen LogP contribution is 2.32. The van der Waals surface area contributed by atoms with Gasteiger partial charge in [-0.05, 0) is 31.0 Å². The summed E-state index contributed by atoms with van der Waals surface area (Å²) >= 11 is 0. The third kappa shape index (κ3) is 4.14. The van der Waals surface area contributed by atoms with Crippen LogP contribution in [0.3, 0.4) is 0 Å². The topological polar surface area (TPSA) is 113 Å². The van der Waals surface area contributed by atoms with E-state index in [1.807, 2.05) is 9.80 Å². The molecule has 0 unspecified atom stereocenters. The van der Waals surface area contributed by atoms with E-state index in [2.05, 4.69) is 0 Å². The van der Waals surface area contributed by atoms with Gasteiger partial charge in [0.15, 0.2) is 0 Å². The zero-order chi connectivity index (χ0) is 22.0. The minimum absolute atomic E-state index is 0.0374. The number of nitro benzene ring substituents is 2. The van der Waals surface area contributed by atoms with Crippen molar-refractivity contribution < 1.29 is 14.6 Å². The van der Waals surface area contributed by atoms with Gasteiger partial charge in [-0.15, -0.1) is 0 Å². The zero-order valence-corrected chi connectivity index (χ0v) is 17.0. The van der Waals surface area contributed by atoms with Crippen molar-refractivity contribution in [2.75, 3.05) is 49.1 Å². The third-order valence-electron chi connectivity index (χ3n) is 5.85. The maximum Gasteiger partial charge on any atom is 0.293 e. The van der Waals surface area contributed by atoms with Crippen LogP contribution >= 0.6 is 0 Å². The van der Waals surface area contributed by atoms with Crippen molar-refractivity contribution in [2.24, 2.45) is 0 Å². The Kier molecular flexibility index (Phi) is 5.70. The Morgan fingerprint density at radius 2 is 1.32 bits per heavy atom. The Morgan fingerprint density at radius 1 is 0.742 bits per heavy atom. The summed E-state index contributed by atoms with van der Waals surface area (Å²) < 4.78 is 0. The number of benzene rings is 2. The number of carbonyl (C=O) groups excluding carboxylic acids is 1. The second-order valence-corrected chi connectivity index (χ2v) is 7.68. The summed E-state index contributed by atoms with van der Waals surface area (Å²) in [6.07, 6.45) is 2.00. The molecule has 0 bridgehead atoms. The lowest BCUT2D eigenvalue weighted by molar-refractivity contribution is -0.384. The number of para-hydroxylation sites is 2. The summed E-state index contributed by atoms with van der Waals surface area (Å²) in [7, 11) is 0. The van der Waals surface area contributed by atoms with Crippen LogP contribution < -0.4 is 9.80 Å². The molecular formula is C21H23N5O5. The van der Waals surface area contributed by atoms with Crippen molar-refractivity contribution in [1.82, 2.24) is 4.90 Å². The van der Waals surface area contributed by atoms with Crippen LogP contribution in [0.25, 0.3) is 0 Å². The number of nitrogens with zero attached hydrogens (tertiary/aromatic N) is 5. The van der Waals surface area contributed by atoms with Gasteiger partial charge in [-0.1, -0.05) is 12.1 Å². The predicted octanol–water partition coefficient (Wildman–Crippen LogP) is 3.07. The van der Waals surface area contributed by atoms with Crippen LogP contribution in [0.1, 0.15) is 23.2 Å². The highest BCUT2D eigenvalue weighted by Gasteiger charge is 2.28. The molecule has 2 heterocycles. The molecule has 2 aromatic rings. The Labute approximate surface area is 179 Å². The predicted molar refractivity (Wildman–Crippen MR) is 116 cm³/mol. The van der Waals surface area contributed by atoms with E-state index in [0.29, 0.717) is 37.6 Å². The van der Waals surface area contributed by atoms with Crippen LogP contribution in [0.5, 0.6) is 0 Å². The number of piperazine rings is 1. The third-order valence-corrected chi connectivity index (χ3v) is 5.85. The van der Waals surface area contributed by atoms with Crippen LogP contribution in [0.4, 0.5) is 22.7 Å². The van der Waals surface area contributed by atoms with Gasteiger partial charge in [-0.25, -0.2) is 0 Å². The monoisotopic (exact) mass is 425 g/mol. The lowest BCUT2D eigenvalue weighted by Crippen LogP contribution is -2.49. The maximum atomic E-state index is 13.0. The number of amides is 1. The Hall–Kier alpha value is -3.69. The highest BCUT2D eigenvalue weighted by molar-refractivity contribution is 5.96. The van der Waals surface area contributed by atoms with E-state index in [4.69, 9.17) is 0 Å². The zero-order valence-electron chi connectivity index (χ0n) is 17.0. The molecule has 0 aromatic heterocycles. The smallest absolute Gasteiger partial charge is 0.293 e. The average Bonchev–Trinajstić information content (AvgIpc) is 3.33. The summed E-state index contributed by atoms with van der Waals surface area (Å²) in [5, 5.41) is 22.9. The molecule has 4 rings (SSSR count). The Morgan fingerprint density at radius 3 is 1.97 bits per heavy atom. The SMILES string of the molecule is O=C(c1ccc(N2CCCC2)c([N+](=O)[O-])c1)N1CCN(c2ccccc2[N+](=O)[O-])CC1. The Balaban J connectivity index is 1.48. The molecule has 0 aliphatic carbocycles. The van der Waals surface area contributed by atoms with Crippen molar-refractivity contribution in [3.8, 4) is 0 Å². The van der Waals surface area contributed by atoms with Crippen LogP contribution in [-0.4, -0.2) is 59.9 Å². The maximum absolute atomic E-state index is 13.0. The van der Waals surface area contributed by atoms with Crippen LogP contribution in [0, 0.1) is 20.2 Å². The van der Waals surface area contributed by atoms with Gasteiger partial charge >= 0.3 is 0 Å². The molecule has 2 aromatic carbocycles. The number of nitro groups is 2. The first kappa shape index (κ1) is 20.6. The van der Waals surface area contributed by atoms with Gasteiger partial charge in [0.2, 0.25) is 0 Å². The van der Waals surface area contributed by atoms with Crippen molar-refractivity contribution in [1.29, 1.82) is 0 Å². The highest BCUT2D eigenvalue weighted by atomic mass is 16.6. The van der Waals surface area contributed by atoms with Crippen LogP contribution in [0.2, 0.25) is 0 Å². The number of hydrogen-bond acceptors (Lipinski definition) is 7. The summed E-state index contributed by atoms with van der Waals surface area (Å²) in [6, 6.07) is 11.2. The molecule has 1 amide bonds. The molecule has 0 saturated carbocycles. The molecule has 2 aliphatic heterocycles. The normalized spacial score (nSPS) is 16.5. The van der Waals surface area contributed by atoms with Crippen molar-refractivity contribution in [3.63, 3.8) is 0 Å². The fourth-order valence-electron chi connectivity index (χ4n) is 4.25. The van der Waals surface area contributed by atoms with E-state index in [1.54, 1.807) is 35.2 Å². The standard InChI is InChI=1S/C21H23N5O5/c27-21(16-7-8-18(20(15-16)26(30)31)22-9-3-4-10-22)24-13-11-23(12-14-24)17-5-1-2-6-19(17)25(28)29/h1-2,5-8,15H,3-4,9-14H2. The molecule has 31 heavy (non-hydrogen) atoms. The van der Waals surface area contributed by atoms with E-state index in [0.717, 1.165) is 25.9 Å². The van der Waals surface area contributed by atoms with Gasteiger partial charge in [-0.3, -0.25) is 25.0 Å². The minimum atomic E-state index is -0.434. The molecular weight excluding hydrogens is 402 g/mol. The van der Waals surface area contributed by atoms with Crippen LogP contribution in [0.15, 0.2) is 42.5 Å². The quantitative estimate of drug-likeness (QED) is 0.534. The van der Waals surface area contributed by atoms with E-state index in [9.17, 15) is 25.0 Å². The molecule has 0 N–H and O–H groups in total. The van der Waals surface area contributed by atoms with Crippen molar-refractivity contribution in [3.05, 3.63) is 68.3 Å². The first-order valence-electron chi connectivity index (χ1n) is 10.3. The summed E-state index contributed by atoms with van der Waals surface area (Å²) in [5.41, 5.74) is 1.36. The molecule has 0 atom stereocenters. The van der Waals surface area contributed by atoms with Crippen molar-refractivity contribution >= 4 is 28.7 Å². The van der Waals surface area contributed by atoms with Crippen molar-refractivity contribution in [2.45, 2.75) is 12.8 Å². The van der Waals surface area contributed by atoms with Crippen LogP contribution in [-0.2, 0) is 0 Å². The fraction of sp³-hybridized carbons (Fsp3) is 0.381. The molecule has 2 fully saturated rings. The van der Waals surface area contributed by atoms with Gasteiger partial charge in [0.25, 0.3) is 17.3 Å². The van der Waals surface area contributed by atoms with E-state index < -0.39 is 9.85 Å². The lowest BCUT2D eigenvalue weighted by Gasteiger charge is -2.35. The van der Waals surface area contributed by atoms with Gasteiger partial charge < -0.3 is 14.7 Å². The molecule has 10 nitrogen and oxygen atoms in total. The number of rotatable bonds is 5. The number of carbonyl (C=O) groups is 1. The van der Waals surface area contributed by atoms with E-state index in [1.165, 1.54) is 12.1 Å². The van der Waals surface area contributed by atoms with E-state index in [-0.39, 0.29) is 22.8 Å². The summed E-state index contributed by atoms with van der Waals surface area (Å²) in [6.45, 7) is 3.22. The summed E-state index contributed by atoms with van der Waals surface area (Å²) in [5.74, 6) is -0.265. The van der Waals surface area contributed by atoms with Gasteiger partial charge in [0, 0.05) is 57.0 Å². The minimum Gasteiger partial charge on any atom is -0.366 e. The summed E-state index contributed by atoms with van der Waals surface area (Å²) in [4.78, 5) is 40.6. The molecule has 162 valence electrons. The van der Waals surface area contributed by atoms with E-state index >= 15 is 0 Å². The first-order chi connectivity index (χ1) is 15.0. The fourth-order valence-corrected chi connectivity index (χ4v) is 4.25. The second kappa shape index (κ2) is 8.58. The van der Waals surface area contributed by atoms with Gasteiger partial charge in [-0.2, -0.15) is 0 Å². The Bertz CT molecular complexity index is 1010. The molecule has 2 saturated heterocycles. The lowest BCUT2D eigenvalue weighted by atomic mass is 10.1. The molecule has 10 heteroatoms. The first-order valence-corrected chi connectivity index (χ1v) is 10.3. The largest absolute Gasteiger partial charge is 0.366 e. The molecule has 0 spiro atoms. The second-order valence-electron chi connectivity index (χ2n) is 7.68.